The quantitative estimate of drug-likeness (QED) is 0.862. The van der Waals surface area contributed by atoms with Crippen molar-refractivity contribution >= 4 is 17.5 Å². The summed E-state index contributed by atoms with van der Waals surface area (Å²) in [4.78, 5) is 23.9. The van der Waals surface area contributed by atoms with Gasteiger partial charge in [0.15, 0.2) is 5.78 Å². The smallest absolute Gasteiger partial charge is 0.313 e. The van der Waals surface area contributed by atoms with Crippen LogP contribution >= 0.6 is 0 Å². The van der Waals surface area contributed by atoms with Gasteiger partial charge in [-0.25, -0.2) is 4.79 Å². The Balaban J connectivity index is 2.87. The fraction of sp³-hybridized carbons (Fsp3) is 0.429. The number of urea groups is 1. The molecule has 1 aromatic carbocycles. The van der Waals surface area contributed by atoms with Gasteiger partial charge in [-0.15, -0.1) is 0 Å². The Morgan fingerprint density at radius 3 is 2.38 bits per heavy atom. The van der Waals surface area contributed by atoms with Crippen LogP contribution in [-0.4, -0.2) is 35.5 Å². The van der Waals surface area contributed by atoms with Gasteiger partial charge in [0.05, 0.1) is 0 Å². The van der Waals surface area contributed by atoms with Crippen molar-refractivity contribution in [1.29, 1.82) is 0 Å². The van der Waals surface area contributed by atoms with Crippen LogP contribution in [0.3, 0.4) is 0 Å². The second-order valence-electron chi connectivity index (χ2n) is 4.90. The molecule has 0 bridgehead atoms. The summed E-state index contributed by atoms with van der Waals surface area (Å²) < 4.78 is 37.4. The van der Waals surface area contributed by atoms with Gasteiger partial charge in [-0.2, -0.15) is 13.2 Å². The van der Waals surface area contributed by atoms with Gasteiger partial charge in [-0.05, 0) is 32.9 Å². The van der Waals surface area contributed by atoms with Gasteiger partial charge in [0, 0.05) is 17.3 Å². The van der Waals surface area contributed by atoms with E-state index in [0.717, 1.165) is 0 Å². The van der Waals surface area contributed by atoms with E-state index in [9.17, 15) is 22.8 Å². The van der Waals surface area contributed by atoms with Crippen LogP contribution in [0.4, 0.5) is 23.7 Å². The zero-order chi connectivity index (χ0) is 16.2. The Hall–Kier alpha value is -2.05. The van der Waals surface area contributed by atoms with Crippen LogP contribution in [0.15, 0.2) is 24.3 Å². The molecule has 7 heteroatoms. The number of hydrogen-bond donors (Lipinski definition) is 1. The van der Waals surface area contributed by atoms with Crippen LogP contribution in [0.25, 0.3) is 0 Å². The second kappa shape index (κ2) is 6.60. The number of ketones is 1. The molecule has 0 unspecified atom stereocenters. The standard InChI is InChI=1S/C14H17F3N2O2/c1-9(2)19(8-14(15,16)17)13(21)18-12-6-4-5-11(7-12)10(3)20/h4-7,9H,8H2,1-3H3,(H,18,21). The first-order chi connectivity index (χ1) is 9.60. The molecular formula is C14H17F3N2O2. The van der Waals surface area contributed by atoms with Gasteiger partial charge in [-0.1, -0.05) is 12.1 Å². The van der Waals surface area contributed by atoms with Crippen LogP contribution in [0, 0.1) is 0 Å². The summed E-state index contributed by atoms with van der Waals surface area (Å²) in [5.41, 5.74) is 0.653. The third kappa shape index (κ3) is 5.45. The molecule has 0 aliphatic carbocycles. The van der Waals surface area contributed by atoms with Crippen LogP contribution in [-0.2, 0) is 0 Å². The van der Waals surface area contributed by atoms with Crippen LogP contribution in [0.2, 0.25) is 0 Å². The van der Waals surface area contributed by atoms with Crippen molar-refractivity contribution in [2.75, 3.05) is 11.9 Å². The lowest BCUT2D eigenvalue weighted by atomic mass is 10.1. The number of anilines is 1. The molecule has 116 valence electrons. The van der Waals surface area contributed by atoms with Crippen LogP contribution < -0.4 is 5.32 Å². The lowest BCUT2D eigenvalue weighted by Crippen LogP contribution is -2.45. The van der Waals surface area contributed by atoms with Crippen molar-refractivity contribution in [3.05, 3.63) is 29.8 Å². The maximum atomic E-state index is 12.5. The lowest BCUT2D eigenvalue weighted by molar-refractivity contribution is -0.142. The Kier molecular flexibility index (Phi) is 5.34. The molecule has 0 aromatic heterocycles. The van der Waals surface area contributed by atoms with Gasteiger partial charge in [0.2, 0.25) is 0 Å². The molecule has 0 spiro atoms. The SMILES string of the molecule is CC(=O)c1cccc(NC(=O)N(CC(F)(F)F)C(C)C)c1. The van der Waals surface area contributed by atoms with Gasteiger partial charge in [0.25, 0.3) is 0 Å². The number of nitrogens with one attached hydrogen (secondary N) is 1. The van der Waals surface area contributed by atoms with E-state index < -0.39 is 24.8 Å². The summed E-state index contributed by atoms with van der Waals surface area (Å²) in [5.74, 6) is -0.192. The van der Waals surface area contributed by atoms with Crippen molar-refractivity contribution in [3.8, 4) is 0 Å². The molecular weight excluding hydrogens is 285 g/mol. The number of alkyl halides is 3. The molecule has 0 atom stereocenters. The largest absolute Gasteiger partial charge is 0.406 e. The first-order valence-electron chi connectivity index (χ1n) is 6.35. The highest BCUT2D eigenvalue weighted by Gasteiger charge is 2.34. The molecule has 1 rings (SSSR count). The third-order valence-electron chi connectivity index (χ3n) is 2.75. The molecule has 0 aliphatic rings. The number of amides is 2. The lowest BCUT2D eigenvalue weighted by Gasteiger charge is -2.27. The molecule has 0 fully saturated rings. The predicted octanol–water partition coefficient (Wildman–Crippen LogP) is 3.69. The summed E-state index contributed by atoms with van der Waals surface area (Å²) in [6.45, 7) is 3.03. The molecule has 0 saturated carbocycles. The van der Waals surface area contributed by atoms with Gasteiger partial charge in [0.1, 0.15) is 6.54 Å². The van der Waals surface area contributed by atoms with Gasteiger partial charge < -0.3 is 10.2 Å². The molecule has 0 aliphatic heterocycles. The van der Waals surface area contributed by atoms with Gasteiger partial charge in [-0.3, -0.25) is 4.79 Å². The van der Waals surface area contributed by atoms with E-state index in [-0.39, 0.29) is 11.5 Å². The topological polar surface area (TPSA) is 49.4 Å². The predicted molar refractivity (Wildman–Crippen MR) is 73.4 cm³/mol. The zero-order valence-electron chi connectivity index (χ0n) is 12.0. The monoisotopic (exact) mass is 302 g/mol. The number of carbonyl (C=O) groups is 2. The fourth-order valence-corrected chi connectivity index (χ4v) is 1.69. The van der Waals surface area contributed by atoms with E-state index >= 15 is 0 Å². The maximum absolute atomic E-state index is 12.5. The van der Waals surface area contributed by atoms with Crippen molar-refractivity contribution in [2.24, 2.45) is 0 Å². The highest BCUT2D eigenvalue weighted by atomic mass is 19.4. The Bertz CT molecular complexity index is 527. The summed E-state index contributed by atoms with van der Waals surface area (Å²) in [6.07, 6.45) is -4.47. The highest BCUT2D eigenvalue weighted by molar-refractivity contribution is 5.96. The molecule has 21 heavy (non-hydrogen) atoms. The number of carbonyl (C=O) groups excluding carboxylic acids is 2. The van der Waals surface area contributed by atoms with Crippen LogP contribution in [0.5, 0.6) is 0 Å². The molecule has 1 aromatic rings. The average Bonchev–Trinajstić information content (AvgIpc) is 2.34. The zero-order valence-corrected chi connectivity index (χ0v) is 12.0. The van der Waals surface area contributed by atoms with Crippen molar-refractivity contribution < 1.29 is 22.8 Å². The Morgan fingerprint density at radius 1 is 1.29 bits per heavy atom. The first kappa shape index (κ1) is 17.0. The van der Waals surface area contributed by atoms with Crippen molar-refractivity contribution in [2.45, 2.75) is 33.0 Å². The van der Waals surface area contributed by atoms with Gasteiger partial charge >= 0.3 is 12.2 Å². The summed E-state index contributed by atoms with van der Waals surface area (Å²) in [6, 6.07) is 4.58. The highest BCUT2D eigenvalue weighted by Crippen LogP contribution is 2.19. The molecule has 0 heterocycles. The first-order valence-corrected chi connectivity index (χ1v) is 6.35. The fourth-order valence-electron chi connectivity index (χ4n) is 1.69. The number of rotatable bonds is 4. The molecule has 2 amide bonds. The number of nitrogens with zero attached hydrogens (tertiary/aromatic N) is 1. The molecule has 0 radical (unpaired) electrons. The Labute approximate surface area is 120 Å². The van der Waals surface area contributed by atoms with E-state index in [0.29, 0.717) is 10.5 Å². The number of benzene rings is 1. The van der Waals surface area contributed by atoms with E-state index in [4.69, 9.17) is 0 Å². The minimum atomic E-state index is -4.47. The minimum Gasteiger partial charge on any atom is -0.313 e. The number of hydrogen-bond acceptors (Lipinski definition) is 2. The second-order valence-corrected chi connectivity index (χ2v) is 4.90. The third-order valence-corrected chi connectivity index (χ3v) is 2.75. The van der Waals surface area contributed by atoms with Crippen molar-refractivity contribution in [3.63, 3.8) is 0 Å². The minimum absolute atomic E-state index is 0.192. The van der Waals surface area contributed by atoms with E-state index in [1.54, 1.807) is 12.1 Å². The summed E-state index contributed by atoms with van der Waals surface area (Å²) in [5, 5.41) is 2.38. The van der Waals surface area contributed by atoms with Crippen molar-refractivity contribution in [1.82, 2.24) is 4.90 Å². The maximum Gasteiger partial charge on any atom is 0.406 e. The Morgan fingerprint density at radius 2 is 1.90 bits per heavy atom. The van der Waals surface area contributed by atoms with Crippen LogP contribution in [0.1, 0.15) is 31.1 Å². The molecule has 4 nitrogen and oxygen atoms in total. The average molecular weight is 302 g/mol. The summed E-state index contributed by atoms with van der Waals surface area (Å²) in [7, 11) is 0. The van der Waals surface area contributed by atoms with E-state index in [1.165, 1.54) is 32.9 Å². The normalized spacial score (nSPS) is 11.4. The van der Waals surface area contributed by atoms with E-state index in [1.807, 2.05) is 0 Å². The molecule has 0 saturated heterocycles. The number of halogens is 3. The number of Topliss-reactive ketones (excluding diaryl/α,β-unsaturated/α-hetero) is 1. The van der Waals surface area contributed by atoms with E-state index in [2.05, 4.69) is 5.32 Å². The summed E-state index contributed by atoms with van der Waals surface area (Å²) >= 11 is 0. The molecule has 1 N–H and O–H groups in total.